The molecule has 0 aliphatic rings. The first kappa shape index (κ1) is 14.0. The standard InChI is InChI=1S/C12H17N3O3/c1-18-12(17)6-5-11(16)14-8-7-9-3-2-4-10(13)15-9/h2-4H,5-8H2,1H3,(H2,13,15)(H,14,16). The predicted octanol–water partition coefficient (Wildman–Crippen LogP) is 0.276. The van der Waals surface area contributed by atoms with Gasteiger partial charge in [0.1, 0.15) is 5.82 Å². The first-order valence-electron chi connectivity index (χ1n) is 5.66. The van der Waals surface area contributed by atoms with Crippen LogP contribution in [0.1, 0.15) is 18.5 Å². The number of nitrogens with zero attached hydrogens (tertiary/aromatic N) is 1. The van der Waals surface area contributed by atoms with Crippen molar-refractivity contribution in [1.29, 1.82) is 0 Å². The average molecular weight is 251 g/mol. The number of ether oxygens (including phenoxy) is 1. The topological polar surface area (TPSA) is 94.3 Å². The zero-order valence-corrected chi connectivity index (χ0v) is 10.3. The molecule has 0 fully saturated rings. The van der Waals surface area contributed by atoms with Gasteiger partial charge in [-0.3, -0.25) is 9.59 Å². The number of nitrogens with one attached hydrogen (secondary N) is 1. The Morgan fingerprint density at radius 2 is 2.17 bits per heavy atom. The summed E-state index contributed by atoms with van der Waals surface area (Å²) in [6.45, 7) is 0.469. The van der Waals surface area contributed by atoms with Crippen LogP contribution in [-0.4, -0.2) is 30.5 Å². The van der Waals surface area contributed by atoms with E-state index in [2.05, 4.69) is 15.0 Å². The molecule has 98 valence electrons. The Kier molecular flexibility index (Phi) is 5.63. The lowest BCUT2D eigenvalue weighted by atomic mass is 10.2. The van der Waals surface area contributed by atoms with E-state index in [1.165, 1.54) is 7.11 Å². The average Bonchev–Trinajstić information content (AvgIpc) is 2.36. The van der Waals surface area contributed by atoms with Crippen molar-refractivity contribution in [3.05, 3.63) is 23.9 Å². The summed E-state index contributed by atoms with van der Waals surface area (Å²) in [4.78, 5) is 26.3. The van der Waals surface area contributed by atoms with Crippen LogP contribution in [0.15, 0.2) is 18.2 Å². The highest BCUT2D eigenvalue weighted by Crippen LogP contribution is 2.00. The van der Waals surface area contributed by atoms with Crippen LogP contribution in [0.5, 0.6) is 0 Å². The van der Waals surface area contributed by atoms with Crippen molar-refractivity contribution in [1.82, 2.24) is 10.3 Å². The van der Waals surface area contributed by atoms with E-state index in [-0.39, 0.29) is 24.7 Å². The zero-order valence-electron chi connectivity index (χ0n) is 10.3. The van der Waals surface area contributed by atoms with Gasteiger partial charge in [-0.1, -0.05) is 6.07 Å². The van der Waals surface area contributed by atoms with E-state index in [1.54, 1.807) is 6.07 Å². The number of carbonyl (C=O) groups is 2. The number of amides is 1. The van der Waals surface area contributed by atoms with Crippen LogP contribution in [0.2, 0.25) is 0 Å². The molecule has 0 saturated carbocycles. The molecule has 1 aromatic heterocycles. The van der Waals surface area contributed by atoms with Gasteiger partial charge < -0.3 is 15.8 Å². The van der Waals surface area contributed by atoms with Crippen LogP contribution in [-0.2, 0) is 20.7 Å². The van der Waals surface area contributed by atoms with E-state index >= 15 is 0 Å². The van der Waals surface area contributed by atoms with Gasteiger partial charge in [-0.2, -0.15) is 0 Å². The number of pyridine rings is 1. The Hall–Kier alpha value is -2.11. The number of nitrogen functional groups attached to an aromatic ring is 1. The smallest absolute Gasteiger partial charge is 0.306 e. The third-order valence-corrected chi connectivity index (χ3v) is 2.32. The van der Waals surface area contributed by atoms with E-state index in [1.807, 2.05) is 12.1 Å². The van der Waals surface area contributed by atoms with Gasteiger partial charge in [0.25, 0.3) is 0 Å². The van der Waals surface area contributed by atoms with Gasteiger partial charge in [-0.25, -0.2) is 4.98 Å². The second kappa shape index (κ2) is 7.26. The number of methoxy groups -OCH3 is 1. The van der Waals surface area contributed by atoms with E-state index in [9.17, 15) is 9.59 Å². The molecule has 6 nitrogen and oxygen atoms in total. The van der Waals surface area contributed by atoms with Gasteiger partial charge in [-0.15, -0.1) is 0 Å². The number of hydrogen-bond acceptors (Lipinski definition) is 5. The monoisotopic (exact) mass is 251 g/mol. The van der Waals surface area contributed by atoms with Crippen LogP contribution < -0.4 is 11.1 Å². The SMILES string of the molecule is COC(=O)CCC(=O)NCCc1cccc(N)n1. The minimum atomic E-state index is -0.386. The fourth-order valence-electron chi connectivity index (χ4n) is 1.37. The highest BCUT2D eigenvalue weighted by molar-refractivity contribution is 5.81. The largest absolute Gasteiger partial charge is 0.469 e. The van der Waals surface area contributed by atoms with Gasteiger partial charge in [-0.05, 0) is 12.1 Å². The van der Waals surface area contributed by atoms with E-state index < -0.39 is 0 Å². The molecule has 3 N–H and O–H groups in total. The first-order valence-corrected chi connectivity index (χ1v) is 5.66. The van der Waals surface area contributed by atoms with Crippen molar-refractivity contribution in [3.8, 4) is 0 Å². The van der Waals surface area contributed by atoms with E-state index in [0.717, 1.165) is 5.69 Å². The lowest BCUT2D eigenvalue weighted by Gasteiger charge is -2.05. The molecule has 6 heteroatoms. The second-order valence-electron chi connectivity index (χ2n) is 3.73. The number of hydrogen-bond donors (Lipinski definition) is 2. The summed E-state index contributed by atoms with van der Waals surface area (Å²) in [6, 6.07) is 5.37. The van der Waals surface area contributed by atoms with Crippen molar-refractivity contribution in [2.24, 2.45) is 0 Å². The molecule has 1 amide bonds. The summed E-state index contributed by atoms with van der Waals surface area (Å²) in [5.41, 5.74) is 6.36. The number of rotatable bonds is 6. The molecule has 18 heavy (non-hydrogen) atoms. The summed E-state index contributed by atoms with van der Waals surface area (Å²) >= 11 is 0. The Morgan fingerprint density at radius 1 is 1.39 bits per heavy atom. The Balaban J connectivity index is 2.21. The van der Waals surface area contributed by atoms with Gasteiger partial charge in [0.05, 0.1) is 13.5 Å². The van der Waals surface area contributed by atoms with Gasteiger partial charge >= 0.3 is 5.97 Å². The molecule has 0 unspecified atom stereocenters. The van der Waals surface area contributed by atoms with E-state index in [0.29, 0.717) is 18.8 Å². The first-order chi connectivity index (χ1) is 8.61. The lowest BCUT2D eigenvalue weighted by molar-refractivity contribution is -0.142. The predicted molar refractivity (Wildman–Crippen MR) is 66.6 cm³/mol. The molecule has 1 heterocycles. The molecule has 0 aromatic carbocycles. The minimum Gasteiger partial charge on any atom is -0.469 e. The maximum Gasteiger partial charge on any atom is 0.306 e. The summed E-state index contributed by atoms with van der Waals surface area (Å²) < 4.78 is 4.44. The molecule has 0 aliphatic carbocycles. The zero-order chi connectivity index (χ0) is 13.4. The van der Waals surface area contributed by atoms with Crippen LogP contribution in [0.3, 0.4) is 0 Å². The number of nitrogens with two attached hydrogens (primary N) is 1. The van der Waals surface area contributed by atoms with Crippen molar-refractivity contribution >= 4 is 17.7 Å². The van der Waals surface area contributed by atoms with Gasteiger partial charge in [0, 0.05) is 25.1 Å². The molecular weight excluding hydrogens is 234 g/mol. The van der Waals surface area contributed by atoms with Crippen molar-refractivity contribution in [3.63, 3.8) is 0 Å². The molecule has 0 saturated heterocycles. The highest BCUT2D eigenvalue weighted by Gasteiger charge is 2.06. The lowest BCUT2D eigenvalue weighted by Crippen LogP contribution is -2.26. The van der Waals surface area contributed by atoms with Crippen LogP contribution in [0, 0.1) is 0 Å². The summed E-state index contributed by atoms with van der Waals surface area (Å²) in [5, 5.41) is 2.70. The van der Waals surface area contributed by atoms with Crippen molar-refractivity contribution in [2.45, 2.75) is 19.3 Å². The quantitative estimate of drug-likeness (QED) is 0.708. The number of anilines is 1. The minimum absolute atomic E-state index is 0.0961. The second-order valence-corrected chi connectivity index (χ2v) is 3.73. The molecule has 0 spiro atoms. The number of carbonyl (C=O) groups excluding carboxylic acids is 2. The summed E-state index contributed by atoms with van der Waals surface area (Å²) in [6.07, 6.45) is 0.838. The van der Waals surface area contributed by atoms with Crippen LogP contribution in [0.25, 0.3) is 0 Å². The molecular formula is C12H17N3O3. The molecule has 0 radical (unpaired) electrons. The fourth-order valence-corrected chi connectivity index (χ4v) is 1.37. The van der Waals surface area contributed by atoms with Crippen LogP contribution >= 0.6 is 0 Å². The summed E-state index contributed by atoms with van der Waals surface area (Å²) in [5.74, 6) is -0.100. The fraction of sp³-hybridized carbons (Fsp3) is 0.417. The molecule has 1 rings (SSSR count). The summed E-state index contributed by atoms with van der Waals surface area (Å²) in [7, 11) is 1.30. The molecule has 1 aromatic rings. The van der Waals surface area contributed by atoms with Crippen molar-refractivity contribution in [2.75, 3.05) is 19.4 Å². The number of aromatic nitrogens is 1. The number of esters is 1. The normalized spacial score (nSPS) is 9.83. The highest BCUT2D eigenvalue weighted by atomic mass is 16.5. The Morgan fingerprint density at radius 3 is 2.83 bits per heavy atom. The maximum atomic E-state index is 11.4. The van der Waals surface area contributed by atoms with Crippen LogP contribution in [0.4, 0.5) is 5.82 Å². The van der Waals surface area contributed by atoms with Gasteiger partial charge in [0.15, 0.2) is 0 Å². The Labute approximate surface area is 106 Å². The maximum absolute atomic E-state index is 11.4. The molecule has 0 aliphatic heterocycles. The van der Waals surface area contributed by atoms with E-state index in [4.69, 9.17) is 5.73 Å². The molecule has 0 bridgehead atoms. The molecule has 0 atom stereocenters. The third kappa shape index (κ3) is 5.29. The third-order valence-electron chi connectivity index (χ3n) is 2.32. The van der Waals surface area contributed by atoms with Gasteiger partial charge in [0.2, 0.25) is 5.91 Å². The Bertz CT molecular complexity index is 421. The van der Waals surface area contributed by atoms with Crippen molar-refractivity contribution < 1.29 is 14.3 Å².